The van der Waals surface area contributed by atoms with Gasteiger partial charge in [0.1, 0.15) is 0 Å². The summed E-state index contributed by atoms with van der Waals surface area (Å²) in [7, 11) is 3.06. The van der Waals surface area contributed by atoms with Crippen LogP contribution in [0.25, 0.3) is 0 Å². The number of nitrogens with zero attached hydrogens (tertiary/aromatic N) is 1. The molecule has 1 heterocycles. The molecule has 22 heavy (non-hydrogen) atoms. The average Bonchev–Trinajstić information content (AvgIpc) is 2.85. The number of thioether (sulfide) groups is 1. The Kier molecular flexibility index (Phi) is 5.07. The molecule has 0 aromatic heterocycles. The highest BCUT2D eigenvalue weighted by molar-refractivity contribution is 8.14. The highest BCUT2D eigenvalue weighted by Crippen LogP contribution is 2.34. The smallest absolute Gasteiger partial charge is 0.337 e. The number of nitrogens with one attached hydrogen (secondary N) is 1. The van der Waals surface area contributed by atoms with E-state index in [4.69, 9.17) is 4.74 Å². The molecule has 1 saturated heterocycles. The first-order chi connectivity index (χ1) is 10.5. The zero-order chi connectivity index (χ0) is 16.3. The van der Waals surface area contributed by atoms with E-state index >= 15 is 0 Å². The summed E-state index contributed by atoms with van der Waals surface area (Å²) < 4.78 is 4.72. The monoisotopic (exact) mass is 322 g/mol. The highest BCUT2D eigenvalue weighted by atomic mass is 32.2. The molecule has 1 amide bonds. The molecule has 0 saturated carbocycles. The van der Waals surface area contributed by atoms with Crippen molar-refractivity contribution in [1.82, 2.24) is 0 Å². The second-order valence-corrected chi connectivity index (χ2v) is 6.39. The molecule has 1 N–H and O–H groups in total. The third-order valence-corrected chi connectivity index (χ3v) is 4.38. The maximum absolute atomic E-state index is 12.2. The van der Waals surface area contributed by atoms with Crippen LogP contribution in [-0.2, 0) is 14.3 Å². The van der Waals surface area contributed by atoms with Gasteiger partial charge in [0.25, 0.3) is 0 Å². The summed E-state index contributed by atoms with van der Waals surface area (Å²) >= 11 is 1.18. The summed E-state index contributed by atoms with van der Waals surface area (Å²) in [5.74, 6) is -0.512. The lowest BCUT2D eigenvalue weighted by molar-refractivity contribution is -0.117. The van der Waals surface area contributed by atoms with Gasteiger partial charge in [-0.3, -0.25) is 9.59 Å². The number of methoxy groups -OCH3 is 1. The topological polar surface area (TPSA) is 75.7 Å². The van der Waals surface area contributed by atoms with Gasteiger partial charge in [0.05, 0.1) is 24.0 Å². The van der Waals surface area contributed by atoms with Gasteiger partial charge in [0.15, 0.2) is 5.12 Å². The fourth-order valence-corrected chi connectivity index (χ4v) is 3.35. The number of carbonyl (C=O) groups excluding carboxylic acids is 3. The molecule has 1 aliphatic heterocycles. The molecule has 118 valence electrons. The van der Waals surface area contributed by atoms with E-state index in [-0.39, 0.29) is 16.3 Å². The van der Waals surface area contributed by atoms with Gasteiger partial charge >= 0.3 is 5.97 Å². The van der Waals surface area contributed by atoms with Crippen molar-refractivity contribution in [3.63, 3.8) is 0 Å². The number of amides is 1. The molecule has 0 radical (unpaired) electrons. The molecule has 2 rings (SSSR count). The van der Waals surface area contributed by atoms with Gasteiger partial charge in [-0.2, -0.15) is 0 Å². The summed E-state index contributed by atoms with van der Waals surface area (Å²) in [5, 5.41) is 2.95. The van der Waals surface area contributed by atoms with E-state index in [1.165, 1.54) is 25.8 Å². The molecule has 7 heteroatoms. The normalized spacial score (nSPS) is 17.5. The SMILES string of the molecule is CNc1ccc(C(=O)OC)cc1N1CC(SC(C)=O)CC1=O. The number of rotatable bonds is 4. The molecule has 1 fully saturated rings. The number of hydrogen-bond donors (Lipinski definition) is 1. The van der Waals surface area contributed by atoms with Crippen molar-refractivity contribution in [2.75, 3.05) is 30.9 Å². The first-order valence-corrected chi connectivity index (χ1v) is 7.72. The van der Waals surface area contributed by atoms with Crippen LogP contribution in [0.5, 0.6) is 0 Å². The molecule has 1 aromatic carbocycles. The number of ether oxygens (including phenoxy) is 1. The van der Waals surface area contributed by atoms with E-state index in [9.17, 15) is 14.4 Å². The minimum absolute atomic E-state index is 0.00296. The predicted octanol–water partition coefficient (Wildman–Crippen LogP) is 1.90. The molecule has 0 aliphatic carbocycles. The standard InChI is InChI=1S/C15H18N2O4S/c1-9(18)22-11-7-14(19)17(8-11)13-6-10(15(20)21-3)4-5-12(13)16-2/h4-6,11,16H,7-8H2,1-3H3. The zero-order valence-electron chi connectivity index (χ0n) is 12.7. The Morgan fingerprint density at radius 3 is 2.73 bits per heavy atom. The average molecular weight is 322 g/mol. The summed E-state index contributed by atoms with van der Waals surface area (Å²) in [6.45, 7) is 1.94. The second-order valence-electron chi connectivity index (χ2n) is 4.91. The van der Waals surface area contributed by atoms with Crippen molar-refractivity contribution in [2.24, 2.45) is 0 Å². The van der Waals surface area contributed by atoms with Crippen LogP contribution in [0.2, 0.25) is 0 Å². The van der Waals surface area contributed by atoms with E-state index in [0.29, 0.717) is 24.2 Å². The van der Waals surface area contributed by atoms with Crippen LogP contribution in [0.4, 0.5) is 11.4 Å². The fourth-order valence-electron chi connectivity index (χ4n) is 2.43. The molecule has 0 bridgehead atoms. The van der Waals surface area contributed by atoms with E-state index in [2.05, 4.69) is 5.32 Å². The Morgan fingerprint density at radius 2 is 2.14 bits per heavy atom. The first kappa shape index (κ1) is 16.4. The molecule has 1 aromatic rings. The number of carbonyl (C=O) groups is 3. The van der Waals surface area contributed by atoms with Crippen molar-refractivity contribution >= 4 is 40.1 Å². The molecular formula is C15H18N2O4S. The van der Waals surface area contributed by atoms with Crippen molar-refractivity contribution in [3.05, 3.63) is 23.8 Å². The maximum Gasteiger partial charge on any atom is 0.337 e. The number of benzene rings is 1. The van der Waals surface area contributed by atoms with Crippen LogP contribution >= 0.6 is 11.8 Å². The largest absolute Gasteiger partial charge is 0.465 e. The van der Waals surface area contributed by atoms with Crippen molar-refractivity contribution in [3.8, 4) is 0 Å². The summed E-state index contributed by atoms with van der Waals surface area (Å²) in [5.41, 5.74) is 1.75. The Hall–Kier alpha value is -2.02. The number of esters is 1. The van der Waals surface area contributed by atoms with Gasteiger partial charge < -0.3 is 15.0 Å². The van der Waals surface area contributed by atoms with Crippen LogP contribution in [-0.4, -0.2) is 42.9 Å². The van der Waals surface area contributed by atoms with Crippen molar-refractivity contribution in [2.45, 2.75) is 18.6 Å². The molecule has 0 spiro atoms. The van der Waals surface area contributed by atoms with Crippen LogP contribution in [0.15, 0.2) is 18.2 Å². The maximum atomic E-state index is 12.2. The minimum atomic E-state index is -0.454. The summed E-state index contributed by atoms with van der Waals surface area (Å²) in [6, 6.07) is 5.01. The molecule has 1 unspecified atom stereocenters. The van der Waals surface area contributed by atoms with Gasteiger partial charge in [-0.25, -0.2) is 4.79 Å². The van der Waals surface area contributed by atoms with Gasteiger partial charge in [-0.15, -0.1) is 0 Å². The Morgan fingerprint density at radius 1 is 1.41 bits per heavy atom. The molecule has 1 atom stereocenters. The van der Waals surface area contributed by atoms with E-state index in [1.807, 2.05) is 0 Å². The van der Waals surface area contributed by atoms with Crippen LogP contribution in [0.3, 0.4) is 0 Å². The van der Waals surface area contributed by atoms with Crippen LogP contribution < -0.4 is 10.2 Å². The lowest BCUT2D eigenvalue weighted by atomic mass is 10.1. The zero-order valence-corrected chi connectivity index (χ0v) is 13.5. The van der Waals surface area contributed by atoms with Crippen LogP contribution in [0.1, 0.15) is 23.7 Å². The Bertz CT molecular complexity index is 618. The van der Waals surface area contributed by atoms with Crippen LogP contribution in [0, 0.1) is 0 Å². The highest BCUT2D eigenvalue weighted by Gasteiger charge is 2.33. The predicted molar refractivity (Wildman–Crippen MR) is 86.4 cm³/mol. The molecular weight excluding hydrogens is 304 g/mol. The van der Waals surface area contributed by atoms with Gasteiger partial charge in [-0.05, 0) is 18.2 Å². The van der Waals surface area contributed by atoms with E-state index in [0.717, 1.165) is 5.69 Å². The third kappa shape index (κ3) is 3.41. The van der Waals surface area contributed by atoms with Gasteiger partial charge in [-0.1, -0.05) is 11.8 Å². The minimum Gasteiger partial charge on any atom is -0.465 e. The fraction of sp³-hybridized carbons (Fsp3) is 0.400. The second kappa shape index (κ2) is 6.83. The number of anilines is 2. The first-order valence-electron chi connectivity index (χ1n) is 6.84. The van der Waals surface area contributed by atoms with E-state index in [1.54, 1.807) is 30.1 Å². The Labute approximate surface area is 133 Å². The molecule has 1 aliphatic rings. The van der Waals surface area contributed by atoms with Gasteiger partial charge in [0.2, 0.25) is 5.91 Å². The van der Waals surface area contributed by atoms with E-state index < -0.39 is 5.97 Å². The quantitative estimate of drug-likeness (QED) is 0.853. The summed E-state index contributed by atoms with van der Waals surface area (Å²) in [4.78, 5) is 36.7. The molecule has 6 nitrogen and oxygen atoms in total. The Balaban J connectivity index is 2.32. The third-order valence-electron chi connectivity index (χ3n) is 3.40. The van der Waals surface area contributed by atoms with Crippen molar-refractivity contribution < 1.29 is 19.1 Å². The van der Waals surface area contributed by atoms with Crippen molar-refractivity contribution in [1.29, 1.82) is 0 Å². The lowest BCUT2D eigenvalue weighted by Crippen LogP contribution is -2.26. The lowest BCUT2D eigenvalue weighted by Gasteiger charge is -2.20. The van der Waals surface area contributed by atoms with Gasteiger partial charge in [0, 0.05) is 32.2 Å². The summed E-state index contributed by atoms with van der Waals surface area (Å²) in [6.07, 6.45) is 0.315. The number of hydrogen-bond acceptors (Lipinski definition) is 6.